The molecule has 2 unspecified atom stereocenters. The van der Waals surface area contributed by atoms with Crippen LogP contribution >= 0.6 is 0 Å². The lowest BCUT2D eigenvalue weighted by atomic mass is 9.79. The number of carbonyl (C=O) groups excluding carboxylic acids is 2. The first-order valence-corrected chi connectivity index (χ1v) is 11.0. The van der Waals surface area contributed by atoms with E-state index in [0.717, 1.165) is 54.8 Å². The van der Waals surface area contributed by atoms with Crippen LogP contribution < -0.4 is 0 Å². The van der Waals surface area contributed by atoms with Crippen molar-refractivity contribution in [1.82, 2.24) is 19.7 Å². The molecule has 6 heteroatoms. The quantitative estimate of drug-likeness (QED) is 0.713. The molecule has 2 aliphatic rings. The largest absolute Gasteiger partial charge is 0.361 e. The van der Waals surface area contributed by atoms with E-state index in [4.69, 9.17) is 0 Å². The summed E-state index contributed by atoms with van der Waals surface area (Å²) in [4.78, 5) is 36.7. The lowest BCUT2D eigenvalue weighted by Crippen LogP contribution is -2.52. The molecule has 1 aromatic heterocycles. The van der Waals surface area contributed by atoms with Crippen LogP contribution in [-0.4, -0.2) is 71.3 Å². The fraction of sp³-hybridized carbons (Fsp3) is 0.360. The topological polar surface area (TPSA) is 59.7 Å². The highest BCUT2D eigenvalue weighted by Crippen LogP contribution is 2.44. The Kier molecular flexibility index (Phi) is 5.02. The van der Waals surface area contributed by atoms with Crippen LogP contribution in [0.4, 0.5) is 0 Å². The summed E-state index contributed by atoms with van der Waals surface area (Å²) < 4.78 is 0. The molecular formula is C25H28N4O2. The first-order chi connectivity index (χ1) is 15.1. The number of hydrogen-bond donors (Lipinski definition) is 1. The van der Waals surface area contributed by atoms with Crippen molar-refractivity contribution in [3.63, 3.8) is 0 Å². The smallest absolute Gasteiger partial charge is 0.254 e. The minimum Gasteiger partial charge on any atom is -0.361 e. The highest BCUT2D eigenvalue weighted by atomic mass is 16.2. The number of hydrogen-bond acceptors (Lipinski definition) is 3. The van der Waals surface area contributed by atoms with Crippen LogP contribution in [0.3, 0.4) is 0 Å². The first-order valence-electron chi connectivity index (χ1n) is 11.0. The number of rotatable bonds is 3. The molecule has 1 fully saturated rings. The lowest BCUT2D eigenvalue weighted by molar-refractivity contribution is -0.136. The number of amides is 2. The van der Waals surface area contributed by atoms with E-state index < -0.39 is 5.92 Å². The highest BCUT2D eigenvalue weighted by Gasteiger charge is 2.45. The number of likely N-dealkylation sites (N-methyl/N-ethyl adjacent to an activating group) is 2. The average molecular weight is 417 g/mol. The van der Waals surface area contributed by atoms with Gasteiger partial charge in [0.25, 0.3) is 5.91 Å². The zero-order chi connectivity index (χ0) is 21.5. The number of carbonyl (C=O) groups is 2. The van der Waals surface area contributed by atoms with Gasteiger partial charge >= 0.3 is 0 Å². The maximum atomic E-state index is 14.0. The van der Waals surface area contributed by atoms with Crippen LogP contribution in [-0.2, 0) is 4.79 Å². The van der Waals surface area contributed by atoms with Gasteiger partial charge in [-0.2, -0.15) is 0 Å². The predicted molar refractivity (Wildman–Crippen MR) is 121 cm³/mol. The van der Waals surface area contributed by atoms with E-state index in [0.29, 0.717) is 5.56 Å². The van der Waals surface area contributed by atoms with Gasteiger partial charge < -0.3 is 19.7 Å². The van der Waals surface area contributed by atoms with Crippen molar-refractivity contribution in [2.45, 2.75) is 18.9 Å². The van der Waals surface area contributed by atoms with Crippen LogP contribution in [0.2, 0.25) is 0 Å². The van der Waals surface area contributed by atoms with Gasteiger partial charge in [0.2, 0.25) is 5.91 Å². The van der Waals surface area contributed by atoms with Crippen molar-refractivity contribution in [2.24, 2.45) is 0 Å². The Balaban J connectivity index is 1.61. The maximum absolute atomic E-state index is 14.0. The van der Waals surface area contributed by atoms with Gasteiger partial charge in [-0.15, -0.1) is 0 Å². The number of nitrogens with zero attached hydrogens (tertiary/aromatic N) is 3. The van der Waals surface area contributed by atoms with Crippen LogP contribution in [0.5, 0.6) is 0 Å². The molecular weight excluding hydrogens is 388 g/mol. The van der Waals surface area contributed by atoms with E-state index in [2.05, 4.69) is 22.9 Å². The molecule has 1 N–H and O–H groups in total. The second kappa shape index (κ2) is 7.85. The van der Waals surface area contributed by atoms with Gasteiger partial charge in [0, 0.05) is 61.5 Å². The van der Waals surface area contributed by atoms with E-state index in [1.54, 1.807) is 4.90 Å². The zero-order valence-electron chi connectivity index (χ0n) is 18.0. The van der Waals surface area contributed by atoms with Gasteiger partial charge in [0.1, 0.15) is 0 Å². The van der Waals surface area contributed by atoms with Crippen molar-refractivity contribution >= 4 is 22.7 Å². The Bertz CT molecular complexity index is 1130. The van der Waals surface area contributed by atoms with Gasteiger partial charge in [-0.05, 0) is 24.2 Å². The van der Waals surface area contributed by atoms with Crippen molar-refractivity contribution < 1.29 is 9.59 Å². The summed E-state index contributed by atoms with van der Waals surface area (Å²) in [5, 5.41) is 1.06. The lowest BCUT2D eigenvalue weighted by Gasteiger charge is -2.43. The Hall–Kier alpha value is -3.12. The molecule has 6 nitrogen and oxygen atoms in total. The summed E-state index contributed by atoms with van der Waals surface area (Å²) in [6, 6.07) is 15.3. The molecule has 3 aromatic rings. The molecule has 31 heavy (non-hydrogen) atoms. The van der Waals surface area contributed by atoms with E-state index in [1.165, 1.54) is 0 Å². The second-order valence-electron chi connectivity index (χ2n) is 8.47. The molecule has 2 atom stereocenters. The molecule has 0 saturated carbocycles. The van der Waals surface area contributed by atoms with Crippen LogP contribution in [0.1, 0.15) is 40.4 Å². The molecule has 2 aliphatic heterocycles. The number of aromatic nitrogens is 1. The van der Waals surface area contributed by atoms with Gasteiger partial charge in [-0.25, -0.2) is 0 Å². The summed E-state index contributed by atoms with van der Waals surface area (Å²) in [5.41, 5.74) is 3.47. The molecule has 160 valence electrons. The number of piperazine rings is 1. The molecule has 2 amide bonds. The standard InChI is InChI=1S/C25H28N4O2/c1-3-28-12-14-29(15-13-28)25(31)22-18-9-4-5-10-19(18)24(30)27(2)23(22)20-16-26-21-11-7-6-8-17(20)21/h4-11,16,22-23,26H,3,12-15H2,1-2H3. The van der Waals surface area contributed by atoms with Gasteiger partial charge in [-0.3, -0.25) is 9.59 Å². The summed E-state index contributed by atoms with van der Waals surface area (Å²) in [6.07, 6.45) is 1.96. The van der Waals surface area contributed by atoms with Crippen LogP contribution in [0.25, 0.3) is 10.9 Å². The number of benzene rings is 2. The van der Waals surface area contributed by atoms with Crippen molar-refractivity contribution in [2.75, 3.05) is 39.8 Å². The second-order valence-corrected chi connectivity index (χ2v) is 8.47. The van der Waals surface area contributed by atoms with E-state index in [1.807, 2.05) is 60.6 Å². The monoisotopic (exact) mass is 416 g/mol. The normalized spacial score (nSPS) is 22.1. The Morgan fingerprint density at radius 3 is 2.48 bits per heavy atom. The fourth-order valence-corrected chi connectivity index (χ4v) is 5.15. The summed E-state index contributed by atoms with van der Waals surface area (Å²) in [6.45, 7) is 6.39. The van der Waals surface area contributed by atoms with Crippen molar-refractivity contribution in [1.29, 1.82) is 0 Å². The zero-order valence-corrected chi connectivity index (χ0v) is 18.0. The van der Waals surface area contributed by atoms with E-state index in [-0.39, 0.29) is 17.9 Å². The van der Waals surface area contributed by atoms with Gasteiger partial charge in [-0.1, -0.05) is 43.3 Å². The number of aromatic amines is 1. The number of para-hydroxylation sites is 1. The predicted octanol–water partition coefficient (Wildman–Crippen LogP) is 3.24. The third kappa shape index (κ3) is 3.22. The summed E-state index contributed by atoms with van der Waals surface area (Å²) >= 11 is 0. The SMILES string of the molecule is CCN1CCN(C(=O)C2c3ccccc3C(=O)N(C)C2c2c[nH]c3ccccc23)CC1. The van der Waals surface area contributed by atoms with Crippen LogP contribution in [0.15, 0.2) is 54.7 Å². The number of H-pyrrole nitrogens is 1. The van der Waals surface area contributed by atoms with E-state index in [9.17, 15) is 9.59 Å². The number of nitrogens with one attached hydrogen (secondary N) is 1. The van der Waals surface area contributed by atoms with Crippen LogP contribution in [0, 0.1) is 0 Å². The minimum atomic E-state index is -0.425. The Morgan fingerprint density at radius 1 is 1.00 bits per heavy atom. The van der Waals surface area contributed by atoms with Gasteiger partial charge in [0.05, 0.1) is 12.0 Å². The molecule has 1 saturated heterocycles. The molecule has 0 spiro atoms. The minimum absolute atomic E-state index is 0.0364. The Morgan fingerprint density at radius 2 is 1.71 bits per heavy atom. The third-order valence-corrected chi connectivity index (χ3v) is 6.92. The molecule has 0 bridgehead atoms. The van der Waals surface area contributed by atoms with Crippen molar-refractivity contribution in [3.8, 4) is 0 Å². The molecule has 5 rings (SSSR count). The summed E-state index contributed by atoms with van der Waals surface area (Å²) in [5.74, 6) is -0.352. The maximum Gasteiger partial charge on any atom is 0.254 e. The molecule has 2 aromatic carbocycles. The highest BCUT2D eigenvalue weighted by molar-refractivity contribution is 6.02. The first kappa shape index (κ1) is 19.8. The fourth-order valence-electron chi connectivity index (χ4n) is 5.15. The third-order valence-electron chi connectivity index (χ3n) is 6.92. The van der Waals surface area contributed by atoms with Crippen molar-refractivity contribution in [3.05, 3.63) is 71.4 Å². The Labute approximate surface area is 182 Å². The molecule has 3 heterocycles. The molecule has 0 radical (unpaired) electrons. The number of fused-ring (bicyclic) bond motifs is 2. The average Bonchev–Trinajstić information content (AvgIpc) is 3.24. The molecule has 0 aliphatic carbocycles. The van der Waals surface area contributed by atoms with Gasteiger partial charge in [0.15, 0.2) is 0 Å². The van der Waals surface area contributed by atoms with E-state index >= 15 is 0 Å². The summed E-state index contributed by atoms with van der Waals surface area (Å²) in [7, 11) is 1.82.